The molecular formula is C12H13N3OS3. The molecule has 100 valence electrons. The largest absolute Gasteiger partial charge is 0.300 e. The summed E-state index contributed by atoms with van der Waals surface area (Å²) in [5.74, 6) is -0.0577. The summed E-state index contributed by atoms with van der Waals surface area (Å²) < 4.78 is 0.846. The summed E-state index contributed by atoms with van der Waals surface area (Å²) in [5.41, 5.74) is 0. The van der Waals surface area contributed by atoms with E-state index in [2.05, 4.69) is 15.5 Å². The van der Waals surface area contributed by atoms with Gasteiger partial charge in [0.05, 0.1) is 5.25 Å². The van der Waals surface area contributed by atoms with Crippen LogP contribution in [0.25, 0.3) is 0 Å². The molecule has 1 heterocycles. The van der Waals surface area contributed by atoms with Crippen molar-refractivity contribution in [3.05, 3.63) is 30.3 Å². The van der Waals surface area contributed by atoms with Crippen LogP contribution in [-0.2, 0) is 4.79 Å². The van der Waals surface area contributed by atoms with Crippen molar-refractivity contribution in [1.29, 1.82) is 0 Å². The zero-order valence-corrected chi connectivity index (χ0v) is 12.9. The van der Waals surface area contributed by atoms with Crippen LogP contribution in [0.1, 0.15) is 6.92 Å². The fraction of sp³-hybridized carbons (Fsp3) is 0.250. The first-order valence-electron chi connectivity index (χ1n) is 5.59. The number of hydrogen-bond donors (Lipinski definition) is 1. The molecule has 2 rings (SSSR count). The maximum absolute atomic E-state index is 12.0. The Hall–Kier alpha value is -1.05. The van der Waals surface area contributed by atoms with Crippen molar-refractivity contribution >= 4 is 45.9 Å². The fourth-order valence-corrected chi connectivity index (χ4v) is 3.37. The molecule has 7 heteroatoms. The maximum atomic E-state index is 12.0. The average molecular weight is 311 g/mol. The van der Waals surface area contributed by atoms with E-state index in [4.69, 9.17) is 0 Å². The van der Waals surface area contributed by atoms with Crippen LogP contribution in [0.2, 0.25) is 0 Å². The Kier molecular flexibility index (Phi) is 5.24. The van der Waals surface area contributed by atoms with E-state index in [-0.39, 0.29) is 11.2 Å². The summed E-state index contributed by atoms with van der Waals surface area (Å²) >= 11 is 4.42. The molecule has 2 aromatic rings. The van der Waals surface area contributed by atoms with E-state index in [1.54, 1.807) is 0 Å². The van der Waals surface area contributed by atoms with Crippen molar-refractivity contribution in [3.63, 3.8) is 0 Å². The van der Waals surface area contributed by atoms with Crippen molar-refractivity contribution in [2.24, 2.45) is 0 Å². The molecular weight excluding hydrogens is 298 g/mol. The number of thioether (sulfide) groups is 2. The number of nitrogens with zero attached hydrogens (tertiary/aromatic N) is 2. The summed E-state index contributed by atoms with van der Waals surface area (Å²) in [6, 6.07) is 9.86. The Labute approximate surface area is 124 Å². The highest BCUT2D eigenvalue weighted by atomic mass is 32.2. The highest BCUT2D eigenvalue weighted by Gasteiger charge is 2.16. The maximum Gasteiger partial charge on any atom is 0.239 e. The number of benzene rings is 1. The number of carbonyl (C=O) groups excluding carboxylic acids is 1. The lowest BCUT2D eigenvalue weighted by molar-refractivity contribution is -0.115. The van der Waals surface area contributed by atoms with Gasteiger partial charge in [0.1, 0.15) is 0 Å². The molecule has 4 nitrogen and oxygen atoms in total. The van der Waals surface area contributed by atoms with E-state index in [0.29, 0.717) is 5.13 Å². The first kappa shape index (κ1) is 14.4. The van der Waals surface area contributed by atoms with Crippen LogP contribution in [0.4, 0.5) is 5.13 Å². The number of rotatable bonds is 5. The number of nitrogens with one attached hydrogen (secondary N) is 1. The van der Waals surface area contributed by atoms with E-state index in [1.807, 2.05) is 43.5 Å². The van der Waals surface area contributed by atoms with Gasteiger partial charge in [-0.2, -0.15) is 0 Å². The lowest BCUT2D eigenvalue weighted by Gasteiger charge is -2.09. The van der Waals surface area contributed by atoms with Gasteiger partial charge in [0.25, 0.3) is 0 Å². The quantitative estimate of drug-likeness (QED) is 0.677. The van der Waals surface area contributed by atoms with Gasteiger partial charge in [-0.1, -0.05) is 41.3 Å². The Morgan fingerprint density at radius 1 is 1.32 bits per heavy atom. The van der Waals surface area contributed by atoms with Crippen LogP contribution in [-0.4, -0.2) is 27.6 Å². The fourth-order valence-electron chi connectivity index (χ4n) is 1.31. The van der Waals surface area contributed by atoms with Crippen molar-refractivity contribution in [2.45, 2.75) is 21.4 Å². The van der Waals surface area contributed by atoms with Crippen molar-refractivity contribution in [2.75, 3.05) is 11.6 Å². The third kappa shape index (κ3) is 4.22. The van der Waals surface area contributed by atoms with Gasteiger partial charge in [0.2, 0.25) is 11.0 Å². The van der Waals surface area contributed by atoms with E-state index in [1.165, 1.54) is 34.9 Å². The van der Waals surface area contributed by atoms with Crippen molar-refractivity contribution in [3.8, 4) is 0 Å². The highest BCUT2D eigenvalue weighted by Crippen LogP contribution is 2.26. The Balaban J connectivity index is 1.92. The third-order valence-corrected chi connectivity index (χ3v) is 5.16. The summed E-state index contributed by atoms with van der Waals surface area (Å²) in [5, 5.41) is 11.0. The van der Waals surface area contributed by atoms with E-state index in [9.17, 15) is 4.79 Å². The van der Waals surface area contributed by atoms with Crippen LogP contribution < -0.4 is 5.32 Å². The number of anilines is 1. The lowest BCUT2D eigenvalue weighted by Crippen LogP contribution is -2.22. The van der Waals surface area contributed by atoms with Crippen LogP contribution in [0, 0.1) is 0 Å². The van der Waals surface area contributed by atoms with Gasteiger partial charge in [-0.05, 0) is 25.3 Å². The van der Waals surface area contributed by atoms with Crippen LogP contribution >= 0.6 is 34.9 Å². The molecule has 0 saturated heterocycles. The SMILES string of the molecule is CSc1nnc(NC(=O)[C@H](C)Sc2ccccc2)s1. The second-order valence-corrected chi connectivity index (χ2v) is 7.08. The molecule has 1 amide bonds. The highest BCUT2D eigenvalue weighted by molar-refractivity contribution is 8.00. The van der Waals surface area contributed by atoms with E-state index >= 15 is 0 Å². The molecule has 1 atom stereocenters. The van der Waals surface area contributed by atoms with Gasteiger partial charge in [0.15, 0.2) is 4.34 Å². The molecule has 1 aromatic carbocycles. The molecule has 0 fully saturated rings. The van der Waals surface area contributed by atoms with Gasteiger partial charge in [-0.15, -0.1) is 22.0 Å². The second-order valence-electron chi connectivity index (χ2n) is 3.64. The lowest BCUT2D eigenvalue weighted by atomic mass is 10.4. The standard InChI is InChI=1S/C12H13N3OS3/c1-8(18-9-6-4-3-5-7-9)10(16)13-11-14-15-12(17-2)19-11/h3-8H,1-2H3,(H,13,14,16)/t8-/m0/s1. The van der Waals surface area contributed by atoms with Gasteiger partial charge in [0, 0.05) is 4.90 Å². The van der Waals surface area contributed by atoms with E-state index < -0.39 is 0 Å². The number of carbonyl (C=O) groups is 1. The summed E-state index contributed by atoms with van der Waals surface area (Å²) in [7, 11) is 0. The molecule has 0 radical (unpaired) electrons. The smallest absolute Gasteiger partial charge is 0.239 e. The topological polar surface area (TPSA) is 54.9 Å². The number of amides is 1. The minimum absolute atomic E-state index is 0.0577. The Bertz CT molecular complexity index is 544. The van der Waals surface area contributed by atoms with Gasteiger partial charge in [-0.3, -0.25) is 10.1 Å². The Morgan fingerprint density at radius 3 is 2.68 bits per heavy atom. The second kappa shape index (κ2) is 6.93. The summed E-state index contributed by atoms with van der Waals surface area (Å²) in [6.07, 6.45) is 1.93. The predicted molar refractivity (Wildman–Crippen MR) is 82.1 cm³/mol. The molecule has 0 saturated carbocycles. The van der Waals surface area contributed by atoms with Gasteiger partial charge >= 0.3 is 0 Å². The Morgan fingerprint density at radius 2 is 2.05 bits per heavy atom. The summed E-state index contributed by atoms with van der Waals surface area (Å²) in [6.45, 7) is 1.88. The monoisotopic (exact) mass is 311 g/mol. The summed E-state index contributed by atoms with van der Waals surface area (Å²) in [4.78, 5) is 13.1. The van der Waals surface area contributed by atoms with Crippen molar-refractivity contribution < 1.29 is 4.79 Å². The molecule has 1 N–H and O–H groups in total. The predicted octanol–water partition coefficient (Wildman–Crippen LogP) is 3.38. The zero-order valence-electron chi connectivity index (χ0n) is 10.5. The minimum Gasteiger partial charge on any atom is -0.300 e. The molecule has 0 spiro atoms. The van der Waals surface area contributed by atoms with E-state index in [0.717, 1.165) is 9.24 Å². The van der Waals surface area contributed by atoms with Crippen molar-refractivity contribution in [1.82, 2.24) is 10.2 Å². The van der Waals surface area contributed by atoms with Gasteiger partial charge < -0.3 is 0 Å². The minimum atomic E-state index is -0.177. The molecule has 0 aliphatic rings. The molecule has 0 bridgehead atoms. The number of aromatic nitrogens is 2. The first-order chi connectivity index (χ1) is 9.19. The van der Waals surface area contributed by atoms with Crippen LogP contribution in [0.3, 0.4) is 0 Å². The molecule has 0 aliphatic carbocycles. The zero-order chi connectivity index (χ0) is 13.7. The normalized spacial score (nSPS) is 12.1. The van der Waals surface area contributed by atoms with Crippen LogP contribution in [0.15, 0.2) is 39.6 Å². The molecule has 0 unspecified atom stereocenters. The third-order valence-electron chi connectivity index (χ3n) is 2.24. The average Bonchev–Trinajstić information content (AvgIpc) is 2.87. The first-order valence-corrected chi connectivity index (χ1v) is 8.51. The van der Waals surface area contributed by atoms with Crippen LogP contribution in [0.5, 0.6) is 0 Å². The van der Waals surface area contributed by atoms with Gasteiger partial charge in [-0.25, -0.2) is 0 Å². The number of hydrogen-bond acceptors (Lipinski definition) is 6. The molecule has 0 aliphatic heterocycles. The molecule has 19 heavy (non-hydrogen) atoms. The molecule has 1 aromatic heterocycles.